The molecule has 2 heterocycles. The van der Waals surface area contributed by atoms with Gasteiger partial charge in [0.2, 0.25) is 0 Å². The number of hydrogen-bond acceptors (Lipinski definition) is 3. The topological polar surface area (TPSA) is 24.3 Å². The summed E-state index contributed by atoms with van der Waals surface area (Å²) >= 11 is 3.44. The highest BCUT2D eigenvalue weighted by Gasteiger charge is 2.16. The number of hydrogen-bond donors (Lipinski definition) is 0. The predicted molar refractivity (Wildman–Crippen MR) is 88.1 cm³/mol. The molecule has 1 aliphatic heterocycles. The Morgan fingerprint density at radius 2 is 1.71 bits per heavy atom. The molecule has 0 bridgehead atoms. The largest absolute Gasteiger partial charge is 0.300 e. The first-order valence-electron chi connectivity index (χ1n) is 7.46. The number of benzene rings is 1. The Balaban J connectivity index is 1.40. The van der Waals surface area contributed by atoms with Crippen LogP contribution < -0.4 is 0 Å². The molecule has 0 atom stereocenters. The van der Waals surface area contributed by atoms with Crippen molar-refractivity contribution in [2.45, 2.75) is 13.1 Å². The third kappa shape index (κ3) is 4.40. The molecule has 0 aliphatic carbocycles. The van der Waals surface area contributed by atoms with Crippen LogP contribution in [0.5, 0.6) is 0 Å². The van der Waals surface area contributed by atoms with E-state index in [1.165, 1.54) is 5.56 Å². The molecule has 1 aromatic heterocycles. The van der Waals surface area contributed by atoms with Crippen LogP contribution >= 0.6 is 15.9 Å². The number of nitrogens with zero attached hydrogens (tertiary/aromatic N) is 4. The van der Waals surface area contributed by atoms with Gasteiger partial charge in [-0.2, -0.15) is 5.10 Å². The minimum atomic E-state index is 0.887. The van der Waals surface area contributed by atoms with Gasteiger partial charge in [-0.3, -0.25) is 9.58 Å². The summed E-state index contributed by atoms with van der Waals surface area (Å²) < 4.78 is 3.04. The maximum Gasteiger partial charge on any atom is 0.0930 e. The Morgan fingerprint density at radius 1 is 1.00 bits per heavy atom. The second-order valence-corrected chi connectivity index (χ2v) is 6.45. The molecule has 0 spiro atoms. The Morgan fingerprint density at radius 3 is 2.38 bits per heavy atom. The number of halogens is 1. The van der Waals surface area contributed by atoms with Crippen molar-refractivity contribution in [3.05, 3.63) is 52.8 Å². The van der Waals surface area contributed by atoms with Gasteiger partial charge in [0.25, 0.3) is 0 Å². The Bertz CT molecular complexity index is 546. The highest BCUT2D eigenvalue weighted by molar-refractivity contribution is 9.10. The van der Waals surface area contributed by atoms with Crippen LogP contribution in [0.15, 0.2) is 47.2 Å². The standard InChI is InChI=1S/C16H21BrN4/c17-16-12-18-21(13-16)14-20-10-8-19(9-11-20)7-6-15-4-2-1-3-5-15/h1-5,12-13H,6-11,14H2. The van der Waals surface area contributed by atoms with E-state index in [-0.39, 0.29) is 0 Å². The van der Waals surface area contributed by atoms with Crippen molar-refractivity contribution in [1.82, 2.24) is 19.6 Å². The van der Waals surface area contributed by atoms with Crippen LogP contribution in [0, 0.1) is 0 Å². The van der Waals surface area contributed by atoms with Crippen LogP contribution in [0.3, 0.4) is 0 Å². The van der Waals surface area contributed by atoms with E-state index in [1.807, 2.05) is 17.1 Å². The van der Waals surface area contributed by atoms with Gasteiger partial charge in [-0.05, 0) is 27.9 Å². The zero-order valence-electron chi connectivity index (χ0n) is 12.2. The van der Waals surface area contributed by atoms with Gasteiger partial charge in [-0.25, -0.2) is 0 Å². The summed E-state index contributed by atoms with van der Waals surface area (Å²) in [6, 6.07) is 10.7. The molecule has 112 valence electrons. The molecule has 4 nitrogen and oxygen atoms in total. The molecule has 0 saturated carbocycles. The highest BCUT2D eigenvalue weighted by atomic mass is 79.9. The van der Waals surface area contributed by atoms with E-state index in [1.54, 1.807) is 0 Å². The van der Waals surface area contributed by atoms with Crippen molar-refractivity contribution in [2.75, 3.05) is 32.7 Å². The molecule has 0 radical (unpaired) electrons. The van der Waals surface area contributed by atoms with E-state index in [9.17, 15) is 0 Å². The zero-order chi connectivity index (χ0) is 14.5. The fourth-order valence-corrected chi connectivity index (χ4v) is 3.03. The summed E-state index contributed by atoms with van der Waals surface area (Å²) in [6.07, 6.45) is 5.02. The lowest BCUT2D eigenvalue weighted by atomic mass is 10.1. The highest BCUT2D eigenvalue weighted by Crippen LogP contribution is 2.09. The van der Waals surface area contributed by atoms with Crippen molar-refractivity contribution in [1.29, 1.82) is 0 Å². The first-order chi connectivity index (χ1) is 10.3. The summed E-state index contributed by atoms with van der Waals surface area (Å²) in [5.74, 6) is 0. The second-order valence-electron chi connectivity index (χ2n) is 5.53. The molecule has 1 saturated heterocycles. The van der Waals surface area contributed by atoms with Crippen molar-refractivity contribution < 1.29 is 0 Å². The Hall–Kier alpha value is -1.17. The lowest BCUT2D eigenvalue weighted by Crippen LogP contribution is -2.47. The van der Waals surface area contributed by atoms with Crippen LogP contribution in [0.1, 0.15) is 5.56 Å². The molecule has 0 N–H and O–H groups in total. The summed E-state index contributed by atoms with van der Waals surface area (Å²) in [6.45, 7) is 6.58. The lowest BCUT2D eigenvalue weighted by molar-refractivity contribution is 0.104. The summed E-state index contributed by atoms with van der Waals surface area (Å²) in [5, 5.41) is 4.32. The molecule has 1 fully saturated rings. The van der Waals surface area contributed by atoms with Gasteiger partial charge in [0.15, 0.2) is 0 Å². The third-order valence-corrected chi connectivity index (χ3v) is 4.38. The number of rotatable bonds is 5. The normalized spacial score (nSPS) is 17.2. The van der Waals surface area contributed by atoms with Crippen LogP contribution in [-0.4, -0.2) is 52.3 Å². The van der Waals surface area contributed by atoms with E-state index in [2.05, 4.69) is 61.2 Å². The Kier molecular flexibility index (Phi) is 5.06. The molecular weight excluding hydrogens is 328 g/mol. The van der Waals surface area contributed by atoms with Gasteiger partial charge < -0.3 is 4.90 Å². The van der Waals surface area contributed by atoms with Crippen LogP contribution in [0.4, 0.5) is 0 Å². The molecular formula is C16H21BrN4. The van der Waals surface area contributed by atoms with Crippen molar-refractivity contribution in [3.63, 3.8) is 0 Å². The minimum Gasteiger partial charge on any atom is -0.300 e. The molecule has 21 heavy (non-hydrogen) atoms. The maximum atomic E-state index is 4.32. The van der Waals surface area contributed by atoms with Crippen LogP contribution in [-0.2, 0) is 13.1 Å². The SMILES string of the molecule is Brc1cnn(CN2CCN(CCc3ccccc3)CC2)c1. The first kappa shape index (κ1) is 14.8. The first-order valence-corrected chi connectivity index (χ1v) is 8.25. The maximum absolute atomic E-state index is 4.32. The fourth-order valence-electron chi connectivity index (χ4n) is 2.71. The Labute approximate surface area is 134 Å². The molecule has 0 unspecified atom stereocenters. The molecule has 1 aliphatic rings. The van der Waals surface area contributed by atoms with Gasteiger partial charge in [0, 0.05) is 38.9 Å². The summed E-state index contributed by atoms with van der Waals surface area (Å²) in [5.41, 5.74) is 1.43. The smallest absolute Gasteiger partial charge is 0.0930 e. The van der Waals surface area contributed by atoms with E-state index in [0.29, 0.717) is 0 Å². The van der Waals surface area contributed by atoms with Gasteiger partial charge >= 0.3 is 0 Å². The van der Waals surface area contributed by atoms with E-state index < -0.39 is 0 Å². The van der Waals surface area contributed by atoms with Gasteiger partial charge in [-0.1, -0.05) is 30.3 Å². The average molecular weight is 349 g/mol. The quantitative estimate of drug-likeness (QED) is 0.829. The number of aromatic nitrogens is 2. The summed E-state index contributed by atoms with van der Waals surface area (Å²) in [7, 11) is 0. The minimum absolute atomic E-state index is 0.887. The molecule has 0 amide bonds. The van der Waals surface area contributed by atoms with Crippen LogP contribution in [0.2, 0.25) is 0 Å². The van der Waals surface area contributed by atoms with Gasteiger partial charge in [0.1, 0.15) is 0 Å². The van der Waals surface area contributed by atoms with Gasteiger partial charge in [0.05, 0.1) is 17.3 Å². The van der Waals surface area contributed by atoms with Crippen molar-refractivity contribution in [2.24, 2.45) is 0 Å². The van der Waals surface area contributed by atoms with E-state index in [0.717, 1.165) is 50.3 Å². The zero-order valence-corrected chi connectivity index (χ0v) is 13.7. The van der Waals surface area contributed by atoms with Crippen molar-refractivity contribution in [3.8, 4) is 0 Å². The number of piperazine rings is 1. The third-order valence-electron chi connectivity index (χ3n) is 3.97. The van der Waals surface area contributed by atoms with Crippen LogP contribution in [0.25, 0.3) is 0 Å². The molecule has 3 rings (SSSR count). The molecule has 5 heteroatoms. The van der Waals surface area contributed by atoms with Gasteiger partial charge in [-0.15, -0.1) is 0 Å². The predicted octanol–water partition coefficient (Wildman–Crippen LogP) is 2.46. The van der Waals surface area contributed by atoms with E-state index >= 15 is 0 Å². The summed E-state index contributed by atoms with van der Waals surface area (Å²) in [4.78, 5) is 5.01. The monoisotopic (exact) mass is 348 g/mol. The molecule has 2 aromatic rings. The van der Waals surface area contributed by atoms with E-state index in [4.69, 9.17) is 0 Å². The van der Waals surface area contributed by atoms with Crippen molar-refractivity contribution >= 4 is 15.9 Å². The second kappa shape index (κ2) is 7.20. The lowest BCUT2D eigenvalue weighted by Gasteiger charge is -2.34. The molecule has 1 aromatic carbocycles. The fraction of sp³-hybridized carbons (Fsp3) is 0.438. The average Bonchev–Trinajstić information content (AvgIpc) is 2.93.